The number of halogens is 1. The summed E-state index contributed by atoms with van der Waals surface area (Å²) in [5, 5.41) is 9.29. The molecular formula is C22H21FN2O3S. The molecular weight excluding hydrogens is 391 g/mol. The van der Waals surface area contributed by atoms with Crippen molar-refractivity contribution in [3.8, 4) is 5.75 Å². The molecule has 0 atom stereocenters. The summed E-state index contributed by atoms with van der Waals surface area (Å²) in [4.78, 5) is 13.3. The van der Waals surface area contributed by atoms with Gasteiger partial charge in [0.25, 0.3) is 0 Å². The van der Waals surface area contributed by atoms with Gasteiger partial charge in [-0.3, -0.25) is 0 Å². The molecule has 0 bridgehead atoms. The van der Waals surface area contributed by atoms with E-state index in [1.165, 1.54) is 12.1 Å². The molecule has 5 nitrogen and oxygen atoms in total. The minimum absolute atomic E-state index is 0.278. The Morgan fingerprint density at radius 2 is 1.72 bits per heavy atom. The lowest BCUT2D eigenvalue weighted by atomic mass is 10.2. The van der Waals surface area contributed by atoms with Crippen molar-refractivity contribution in [3.63, 3.8) is 0 Å². The fourth-order valence-electron chi connectivity index (χ4n) is 2.82. The molecule has 7 heteroatoms. The highest BCUT2D eigenvalue weighted by molar-refractivity contribution is 7.82. The highest BCUT2D eigenvalue weighted by Crippen LogP contribution is 2.34. The second-order valence-electron chi connectivity index (χ2n) is 6.50. The molecule has 3 rings (SSSR count). The van der Waals surface area contributed by atoms with Crippen LogP contribution in [0.5, 0.6) is 5.75 Å². The molecule has 150 valence electrons. The smallest absolute Gasteiger partial charge is 0.422 e. The van der Waals surface area contributed by atoms with Gasteiger partial charge in [0.05, 0.1) is 0 Å². The Labute approximate surface area is 174 Å². The maximum absolute atomic E-state index is 13.1. The van der Waals surface area contributed by atoms with Crippen molar-refractivity contribution >= 4 is 30.3 Å². The molecule has 3 aromatic carbocycles. The third-order valence-electron chi connectivity index (χ3n) is 4.36. The second kappa shape index (κ2) is 9.34. The van der Waals surface area contributed by atoms with Gasteiger partial charge in [0.1, 0.15) is 23.9 Å². The third kappa shape index (κ3) is 5.42. The number of thiol groups is 1. The molecule has 0 aliphatic rings. The number of benzene rings is 3. The van der Waals surface area contributed by atoms with Crippen LogP contribution >= 0.6 is 12.8 Å². The van der Waals surface area contributed by atoms with E-state index in [1.54, 1.807) is 30.3 Å². The lowest BCUT2D eigenvalue weighted by molar-refractivity contribution is 0.206. The number of carbonyl (C=O) groups is 1. The van der Waals surface area contributed by atoms with Gasteiger partial charge in [0.2, 0.25) is 0 Å². The van der Waals surface area contributed by atoms with Gasteiger partial charge >= 0.3 is 6.09 Å². The van der Waals surface area contributed by atoms with Crippen LogP contribution in [0.25, 0.3) is 0 Å². The zero-order chi connectivity index (χ0) is 20.8. The van der Waals surface area contributed by atoms with Crippen LogP contribution in [0.3, 0.4) is 0 Å². The second-order valence-corrected chi connectivity index (χ2v) is 6.90. The Balaban J connectivity index is 1.84. The minimum Gasteiger partial charge on any atom is -0.487 e. The SMILES string of the molecule is CN(Cc1ccc(F)cc1)c1ccc(N(S)C(=O)O)c(OCc2ccccc2)c1. The normalized spacial score (nSPS) is 10.4. The van der Waals surface area contributed by atoms with Crippen LogP contribution < -0.4 is 13.9 Å². The standard InChI is InChI=1S/C22H21FN2O3S/c1-24(14-16-7-9-18(23)10-8-16)19-11-12-20(25(29)22(26)27)21(13-19)28-15-17-5-3-2-4-6-17/h2-13,29H,14-15H2,1H3,(H,26,27). The molecule has 0 fully saturated rings. The van der Waals surface area contributed by atoms with Crippen LogP contribution in [-0.2, 0) is 13.2 Å². The van der Waals surface area contributed by atoms with E-state index in [2.05, 4.69) is 12.8 Å². The van der Waals surface area contributed by atoms with E-state index < -0.39 is 6.09 Å². The van der Waals surface area contributed by atoms with E-state index in [-0.39, 0.29) is 5.82 Å². The van der Waals surface area contributed by atoms with Crippen LogP contribution in [-0.4, -0.2) is 18.2 Å². The van der Waals surface area contributed by atoms with Crippen molar-refractivity contribution in [3.05, 3.63) is 89.7 Å². The average molecular weight is 412 g/mol. The molecule has 29 heavy (non-hydrogen) atoms. The zero-order valence-corrected chi connectivity index (χ0v) is 16.7. The van der Waals surface area contributed by atoms with Crippen LogP contribution in [0.2, 0.25) is 0 Å². The summed E-state index contributed by atoms with van der Waals surface area (Å²) in [6.45, 7) is 0.849. The quantitative estimate of drug-likeness (QED) is 0.512. The summed E-state index contributed by atoms with van der Waals surface area (Å²) in [7, 11) is 1.90. The number of carboxylic acid groups (broad SMARTS) is 1. The largest absolute Gasteiger partial charge is 0.487 e. The van der Waals surface area contributed by atoms with E-state index in [0.717, 1.165) is 21.1 Å². The predicted molar refractivity (Wildman–Crippen MR) is 115 cm³/mol. The summed E-state index contributed by atoms with van der Waals surface area (Å²) in [5.74, 6) is 0.120. The molecule has 3 aromatic rings. The molecule has 0 unspecified atom stereocenters. The lowest BCUT2D eigenvalue weighted by Gasteiger charge is -2.23. The van der Waals surface area contributed by atoms with Gasteiger partial charge < -0.3 is 14.7 Å². The molecule has 0 heterocycles. The van der Waals surface area contributed by atoms with Crippen molar-refractivity contribution < 1.29 is 19.0 Å². The van der Waals surface area contributed by atoms with E-state index in [1.807, 2.05) is 42.3 Å². The van der Waals surface area contributed by atoms with Crippen LogP contribution in [0.4, 0.5) is 20.6 Å². The predicted octanol–water partition coefficient (Wildman–Crippen LogP) is 5.37. The molecule has 0 saturated carbocycles. The van der Waals surface area contributed by atoms with Crippen LogP contribution in [0.15, 0.2) is 72.8 Å². The molecule has 0 aliphatic heterocycles. The Morgan fingerprint density at radius 1 is 1.03 bits per heavy atom. The van der Waals surface area contributed by atoms with E-state index in [4.69, 9.17) is 4.74 Å². The topological polar surface area (TPSA) is 53.0 Å². The first kappa shape index (κ1) is 20.5. The van der Waals surface area contributed by atoms with E-state index in [0.29, 0.717) is 24.6 Å². The first-order valence-electron chi connectivity index (χ1n) is 8.92. The zero-order valence-electron chi connectivity index (χ0n) is 15.8. The van der Waals surface area contributed by atoms with Crippen molar-refractivity contribution in [1.82, 2.24) is 0 Å². The third-order valence-corrected chi connectivity index (χ3v) is 4.75. The van der Waals surface area contributed by atoms with Crippen molar-refractivity contribution in [1.29, 1.82) is 0 Å². The molecule has 1 N–H and O–H groups in total. The Morgan fingerprint density at radius 3 is 2.38 bits per heavy atom. The summed E-state index contributed by atoms with van der Waals surface area (Å²) in [6, 6.07) is 21.1. The van der Waals surface area contributed by atoms with Gasteiger partial charge in [-0.25, -0.2) is 13.5 Å². The lowest BCUT2D eigenvalue weighted by Crippen LogP contribution is -2.20. The Bertz CT molecular complexity index is 968. The van der Waals surface area contributed by atoms with Gasteiger partial charge in [-0.15, -0.1) is 0 Å². The fraction of sp³-hybridized carbons (Fsp3) is 0.136. The van der Waals surface area contributed by atoms with Gasteiger partial charge in [-0.2, -0.15) is 0 Å². The number of anilines is 2. The molecule has 1 amide bonds. The van der Waals surface area contributed by atoms with Crippen molar-refractivity contribution in [2.24, 2.45) is 0 Å². The van der Waals surface area contributed by atoms with E-state index in [9.17, 15) is 14.3 Å². The average Bonchev–Trinajstić information content (AvgIpc) is 2.73. The summed E-state index contributed by atoms with van der Waals surface area (Å²) in [6.07, 6.45) is -1.20. The minimum atomic E-state index is -1.20. The van der Waals surface area contributed by atoms with E-state index >= 15 is 0 Å². The molecule has 0 aromatic heterocycles. The maximum atomic E-state index is 13.1. The molecule has 0 saturated heterocycles. The first-order chi connectivity index (χ1) is 13.9. The molecule has 0 radical (unpaired) electrons. The van der Waals surface area contributed by atoms with Crippen molar-refractivity contribution in [2.45, 2.75) is 13.2 Å². The number of amides is 1. The van der Waals surface area contributed by atoms with Crippen LogP contribution in [0.1, 0.15) is 11.1 Å². The Kier molecular flexibility index (Phi) is 6.61. The highest BCUT2D eigenvalue weighted by atomic mass is 32.1. The van der Waals surface area contributed by atoms with Gasteiger partial charge in [0.15, 0.2) is 0 Å². The first-order valence-corrected chi connectivity index (χ1v) is 9.32. The van der Waals surface area contributed by atoms with Gasteiger partial charge in [0, 0.05) is 25.3 Å². The number of rotatable bonds is 7. The Hall–Kier alpha value is -3.19. The molecule has 0 spiro atoms. The summed E-state index contributed by atoms with van der Waals surface area (Å²) in [5.41, 5.74) is 3.07. The van der Waals surface area contributed by atoms with Gasteiger partial charge in [-0.05, 0) is 35.4 Å². The molecule has 0 aliphatic carbocycles. The summed E-state index contributed by atoms with van der Waals surface area (Å²) >= 11 is 4.04. The summed E-state index contributed by atoms with van der Waals surface area (Å²) < 4.78 is 19.9. The maximum Gasteiger partial charge on any atom is 0.422 e. The number of hydrogen-bond acceptors (Lipinski definition) is 4. The number of nitrogens with zero attached hydrogens (tertiary/aromatic N) is 2. The number of ether oxygens (including phenoxy) is 1. The van der Waals surface area contributed by atoms with Gasteiger partial charge in [-0.1, -0.05) is 55.3 Å². The fourth-order valence-corrected chi connectivity index (χ4v) is 2.99. The van der Waals surface area contributed by atoms with Crippen LogP contribution in [0, 0.1) is 5.82 Å². The monoisotopic (exact) mass is 412 g/mol. The van der Waals surface area contributed by atoms with Crippen molar-refractivity contribution in [2.75, 3.05) is 16.3 Å². The highest BCUT2D eigenvalue weighted by Gasteiger charge is 2.17. The number of hydrogen-bond donors (Lipinski definition) is 2.